The highest BCUT2D eigenvalue weighted by Crippen LogP contribution is 2.31. The highest BCUT2D eigenvalue weighted by molar-refractivity contribution is 7.91. The number of anilines is 2. The number of nitrogen functional groups attached to an aromatic ring is 1. The van der Waals surface area contributed by atoms with Gasteiger partial charge in [0, 0.05) is 17.3 Å². The Morgan fingerprint density at radius 2 is 2.29 bits per heavy atom. The lowest BCUT2D eigenvalue weighted by atomic mass is 10.5. The molecule has 0 aliphatic heterocycles. The fourth-order valence-corrected chi connectivity index (χ4v) is 3.86. The summed E-state index contributed by atoms with van der Waals surface area (Å²) in [4.78, 5) is 5.02. The van der Waals surface area contributed by atoms with E-state index in [4.69, 9.17) is 5.73 Å². The number of nitrogens with two attached hydrogens (primary N) is 1. The zero-order valence-corrected chi connectivity index (χ0v) is 11.3. The lowest BCUT2D eigenvalue weighted by Crippen LogP contribution is -2.05. The van der Waals surface area contributed by atoms with Gasteiger partial charge < -0.3 is 11.1 Å². The second-order valence-electron chi connectivity index (χ2n) is 3.32. The third kappa shape index (κ3) is 2.73. The summed E-state index contributed by atoms with van der Waals surface area (Å²) in [7, 11) is -3.36. The van der Waals surface area contributed by atoms with Gasteiger partial charge in [0.2, 0.25) is 0 Å². The second-order valence-corrected chi connectivity index (χ2v) is 7.02. The minimum absolute atomic E-state index is 0.0457. The van der Waals surface area contributed by atoms with Crippen molar-refractivity contribution in [2.75, 3.05) is 17.3 Å². The van der Waals surface area contributed by atoms with Crippen LogP contribution in [0.1, 0.15) is 4.88 Å². The van der Waals surface area contributed by atoms with Gasteiger partial charge >= 0.3 is 0 Å². The van der Waals surface area contributed by atoms with Crippen molar-refractivity contribution in [3.05, 3.63) is 16.6 Å². The molecule has 17 heavy (non-hydrogen) atoms. The van der Waals surface area contributed by atoms with E-state index in [1.165, 1.54) is 11.3 Å². The summed E-state index contributed by atoms with van der Waals surface area (Å²) < 4.78 is 26.9. The number of sulfone groups is 1. The van der Waals surface area contributed by atoms with Crippen molar-refractivity contribution in [3.63, 3.8) is 0 Å². The van der Waals surface area contributed by atoms with E-state index < -0.39 is 9.84 Å². The van der Waals surface area contributed by atoms with Gasteiger partial charge in [0.05, 0.1) is 12.1 Å². The molecule has 0 amide bonds. The smallest absolute Gasteiger partial charge is 0.182 e. The Morgan fingerprint density at radius 3 is 2.88 bits per heavy atom. The number of nitrogens with zero attached hydrogens (tertiary/aromatic N) is 2. The first-order valence-electron chi connectivity index (χ1n) is 4.55. The summed E-state index contributed by atoms with van der Waals surface area (Å²) in [6, 6.07) is 0. The first kappa shape index (κ1) is 12.3. The Morgan fingerprint density at radius 1 is 1.53 bits per heavy atom. The quantitative estimate of drug-likeness (QED) is 0.878. The Balaban J connectivity index is 2.22. The van der Waals surface area contributed by atoms with Gasteiger partial charge in [-0.3, -0.25) is 4.98 Å². The van der Waals surface area contributed by atoms with Crippen LogP contribution in [-0.4, -0.2) is 24.0 Å². The van der Waals surface area contributed by atoms with Crippen molar-refractivity contribution in [2.45, 2.75) is 11.4 Å². The van der Waals surface area contributed by atoms with E-state index in [-0.39, 0.29) is 10.7 Å². The van der Waals surface area contributed by atoms with Crippen LogP contribution in [0.25, 0.3) is 0 Å². The average Bonchev–Trinajstić information content (AvgIpc) is 2.82. The zero-order valence-electron chi connectivity index (χ0n) is 8.87. The molecule has 0 saturated carbocycles. The number of rotatable bonds is 4. The van der Waals surface area contributed by atoms with Gasteiger partial charge in [-0.2, -0.15) is 4.37 Å². The highest BCUT2D eigenvalue weighted by Gasteiger charge is 2.21. The molecule has 0 radical (unpaired) electrons. The van der Waals surface area contributed by atoms with E-state index in [0.717, 1.165) is 22.7 Å². The van der Waals surface area contributed by atoms with E-state index in [2.05, 4.69) is 14.7 Å². The van der Waals surface area contributed by atoms with E-state index in [1.807, 2.05) is 0 Å². The second kappa shape index (κ2) is 4.59. The van der Waals surface area contributed by atoms with E-state index in [1.54, 1.807) is 11.7 Å². The number of thiazole rings is 1. The van der Waals surface area contributed by atoms with E-state index in [9.17, 15) is 8.42 Å². The Bertz CT molecular complexity index is 603. The fourth-order valence-electron chi connectivity index (χ4n) is 1.26. The van der Waals surface area contributed by atoms with Gasteiger partial charge in [0.1, 0.15) is 9.90 Å². The molecule has 0 aliphatic carbocycles. The molecule has 2 aromatic rings. The molecule has 0 bridgehead atoms. The molecule has 3 N–H and O–H groups in total. The SMILES string of the molecule is CS(=O)(=O)c1c(N)nsc1NCc1cncs1. The summed E-state index contributed by atoms with van der Waals surface area (Å²) in [5.74, 6) is 0.0457. The molecule has 0 aliphatic rings. The van der Waals surface area contributed by atoms with Crippen LogP contribution in [0.4, 0.5) is 10.8 Å². The van der Waals surface area contributed by atoms with Crippen LogP contribution in [-0.2, 0) is 16.4 Å². The maximum atomic E-state index is 11.5. The predicted molar refractivity (Wildman–Crippen MR) is 69.1 cm³/mol. The first-order valence-corrected chi connectivity index (χ1v) is 8.09. The minimum atomic E-state index is -3.36. The van der Waals surface area contributed by atoms with Crippen molar-refractivity contribution >= 4 is 43.5 Å². The average molecular weight is 290 g/mol. The summed E-state index contributed by atoms with van der Waals surface area (Å²) in [6.45, 7) is 0.509. The molecular formula is C8H10N4O2S3. The third-order valence-corrected chi connectivity index (χ3v) is 4.83. The summed E-state index contributed by atoms with van der Waals surface area (Å²) in [5.41, 5.74) is 7.26. The van der Waals surface area contributed by atoms with E-state index in [0.29, 0.717) is 11.5 Å². The van der Waals surface area contributed by atoms with Crippen molar-refractivity contribution < 1.29 is 8.42 Å². The number of nitrogens with one attached hydrogen (secondary N) is 1. The highest BCUT2D eigenvalue weighted by atomic mass is 32.2. The van der Waals surface area contributed by atoms with Crippen LogP contribution >= 0.6 is 22.9 Å². The van der Waals surface area contributed by atoms with Crippen molar-refractivity contribution in [1.29, 1.82) is 0 Å². The van der Waals surface area contributed by atoms with Crippen LogP contribution in [0.5, 0.6) is 0 Å². The number of hydrogen-bond donors (Lipinski definition) is 2. The maximum absolute atomic E-state index is 11.5. The Labute approximate surface area is 107 Å². The third-order valence-electron chi connectivity index (χ3n) is 1.95. The lowest BCUT2D eigenvalue weighted by molar-refractivity contribution is 0.602. The maximum Gasteiger partial charge on any atom is 0.182 e. The number of aromatic nitrogens is 2. The molecule has 92 valence electrons. The Hall–Kier alpha value is -1.19. The summed E-state index contributed by atoms with van der Waals surface area (Å²) >= 11 is 2.54. The van der Waals surface area contributed by atoms with Gasteiger partial charge in [-0.1, -0.05) is 0 Å². The van der Waals surface area contributed by atoms with Crippen molar-refractivity contribution in [2.24, 2.45) is 0 Å². The largest absolute Gasteiger partial charge is 0.382 e. The van der Waals surface area contributed by atoms with Crippen LogP contribution < -0.4 is 11.1 Å². The Kier molecular flexibility index (Phi) is 3.31. The fraction of sp³-hybridized carbons (Fsp3) is 0.250. The van der Waals surface area contributed by atoms with Gasteiger partial charge in [0.25, 0.3) is 0 Å². The van der Waals surface area contributed by atoms with Gasteiger partial charge in [0.15, 0.2) is 15.7 Å². The van der Waals surface area contributed by atoms with Crippen LogP contribution in [0, 0.1) is 0 Å². The normalized spacial score (nSPS) is 11.6. The zero-order chi connectivity index (χ0) is 12.5. The topological polar surface area (TPSA) is 98.0 Å². The molecule has 2 rings (SSSR count). The molecule has 0 fully saturated rings. The molecule has 2 heterocycles. The van der Waals surface area contributed by atoms with Crippen LogP contribution in [0.3, 0.4) is 0 Å². The lowest BCUT2D eigenvalue weighted by Gasteiger charge is -2.03. The molecule has 0 aromatic carbocycles. The first-order chi connectivity index (χ1) is 7.98. The van der Waals surface area contributed by atoms with Gasteiger partial charge in [-0.25, -0.2) is 8.42 Å². The molecule has 0 saturated heterocycles. The molecule has 0 unspecified atom stereocenters. The van der Waals surface area contributed by atoms with Crippen molar-refractivity contribution in [3.8, 4) is 0 Å². The molecule has 6 nitrogen and oxygen atoms in total. The van der Waals surface area contributed by atoms with Crippen LogP contribution in [0.15, 0.2) is 16.6 Å². The molecule has 0 atom stereocenters. The molecular weight excluding hydrogens is 280 g/mol. The number of hydrogen-bond acceptors (Lipinski definition) is 8. The van der Waals surface area contributed by atoms with Crippen molar-refractivity contribution in [1.82, 2.24) is 9.36 Å². The van der Waals surface area contributed by atoms with Crippen LogP contribution in [0.2, 0.25) is 0 Å². The molecule has 2 aromatic heterocycles. The monoisotopic (exact) mass is 290 g/mol. The van der Waals surface area contributed by atoms with Gasteiger partial charge in [-0.05, 0) is 11.5 Å². The van der Waals surface area contributed by atoms with Gasteiger partial charge in [-0.15, -0.1) is 11.3 Å². The minimum Gasteiger partial charge on any atom is -0.382 e. The molecule has 9 heteroatoms. The summed E-state index contributed by atoms with van der Waals surface area (Å²) in [6.07, 6.45) is 2.84. The predicted octanol–water partition coefficient (Wildman–Crippen LogP) is 1.20. The standard InChI is InChI=1S/C8H10N4O2S3/c1-17(13,14)6-7(9)12-16-8(6)11-3-5-2-10-4-15-5/h2,4,11H,3H2,1H3,(H2,9,12). The van der Waals surface area contributed by atoms with E-state index >= 15 is 0 Å². The molecule has 0 spiro atoms. The summed E-state index contributed by atoms with van der Waals surface area (Å²) in [5, 5.41) is 3.48.